The van der Waals surface area contributed by atoms with Gasteiger partial charge in [-0.3, -0.25) is 4.68 Å². The minimum atomic E-state index is 0.990. The first-order chi connectivity index (χ1) is 7.56. The van der Waals surface area contributed by atoms with Gasteiger partial charge in [0, 0.05) is 11.5 Å². The summed E-state index contributed by atoms with van der Waals surface area (Å²) in [4.78, 5) is 4.49. The van der Waals surface area contributed by atoms with Crippen molar-refractivity contribution < 1.29 is 0 Å². The summed E-state index contributed by atoms with van der Waals surface area (Å²) in [5.74, 6) is 0. The van der Waals surface area contributed by atoms with Gasteiger partial charge >= 0.3 is 0 Å². The standard InChI is InChI=1S/C11H12BrN3S/c1-7-6-11(15(3)14-7)16-10-5-4-9(12)8(2)13-10/h4-6H,1-3H3. The molecule has 5 heteroatoms. The molecule has 0 unspecified atom stereocenters. The Balaban J connectivity index is 2.27. The van der Waals surface area contributed by atoms with Crippen molar-refractivity contribution in [3.8, 4) is 0 Å². The molecular weight excluding hydrogens is 286 g/mol. The van der Waals surface area contributed by atoms with Gasteiger partial charge in [-0.1, -0.05) is 11.8 Å². The van der Waals surface area contributed by atoms with E-state index in [0.29, 0.717) is 0 Å². The Labute approximate surface area is 107 Å². The van der Waals surface area contributed by atoms with Gasteiger partial charge < -0.3 is 0 Å². The summed E-state index contributed by atoms with van der Waals surface area (Å²) >= 11 is 5.07. The molecule has 0 saturated carbocycles. The maximum atomic E-state index is 4.49. The second-order valence-corrected chi connectivity index (χ2v) is 5.46. The van der Waals surface area contributed by atoms with Crippen molar-refractivity contribution in [2.24, 2.45) is 7.05 Å². The van der Waals surface area contributed by atoms with Crippen molar-refractivity contribution in [2.45, 2.75) is 23.9 Å². The van der Waals surface area contributed by atoms with Gasteiger partial charge in [-0.15, -0.1) is 0 Å². The Morgan fingerprint density at radius 2 is 2.06 bits per heavy atom. The number of hydrogen-bond acceptors (Lipinski definition) is 3. The summed E-state index contributed by atoms with van der Waals surface area (Å²) in [6.07, 6.45) is 0. The van der Waals surface area contributed by atoms with Crippen molar-refractivity contribution >= 4 is 27.7 Å². The summed E-state index contributed by atoms with van der Waals surface area (Å²) in [6, 6.07) is 6.09. The van der Waals surface area contributed by atoms with Gasteiger partial charge in [0.1, 0.15) is 10.1 Å². The highest BCUT2D eigenvalue weighted by Crippen LogP contribution is 2.27. The molecule has 16 heavy (non-hydrogen) atoms. The molecule has 0 bridgehead atoms. The minimum absolute atomic E-state index is 0.990. The molecular formula is C11H12BrN3S. The molecule has 0 aliphatic rings. The molecule has 2 aromatic rings. The van der Waals surface area contributed by atoms with Crippen LogP contribution in [0.4, 0.5) is 0 Å². The smallest absolute Gasteiger partial charge is 0.103 e. The molecule has 0 spiro atoms. The Bertz CT molecular complexity index is 522. The molecule has 0 amide bonds. The predicted octanol–water partition coefficient (Wildman–Crippen LogP) is 3.35. The number of hydrogen-bond donors (Lipinski definition) is 0. The highest BCUT2D eigenvalue weighted by Gasteiger charge is 2.06. The van der Waals surface area contributed by atoms with E-state index >= 15 is 0 Å². The summed E-state index contributed by atoms with van der Waals surface area (Å²) in [6.45, 7) is 3.98. The van der Waals surface area contributed by atoms with Crippen LogP contribution in [-0.4, -0.2) is 14.8 Å². The topological polar surface area (TPSA) is 30.7 Å². The molecule has 0 aromatic carbocycles. The van der Waals surface area contributed by atoms with E-state index in [4.69, 9.17) is 0 Å². The fraction of sp³-hybridized carbons (Fsp3) is 0.273. The van der Waals surface area contributed by atoms with Crippen molar-refractivity contribution in [1.82, 2.24) is 14.8 Å². The summed E-state index contributed by atoms with van der Waals surface area (Å²) < 4.78 is 2.91. The molecule has 2 heterocycles. The maximum absolute atomic E-state index is 4.49. The predicted molar refractivity (Wildman–Crippen MR) is 68.7 cm³/mol. The third-order valence-corrected chi connectivity index (χ3v) is 4.03. The summed E-state index contributed by atoms with van der Waals surface area (Å²) in [7, 11) is 1.95. The lowest BCUT2D eigenvalue weighted by Crippen LogP contribution is -1.93. The average Bonchev–Trinajstić information content (AvgIpc) is 2.51. The molecule has 3 nitrogen and oxygen atoms in total. The summed E-state index contributed by atoms with van der Waals surface area (Å²) in [5, 5.41) is 6.40. The number of nitrogens with zero attached hydrogens (tertiary/aromatic N) is 3. The van der Waals surface area contributed by atoms with Crippen LogP contribution in [0.1, 0.15) is 11.4 Å². The van der Waals surface area contributed by atoms with E-state index in [9.17, 15) is 0 Å². The average molecular weight is 298 g/mol. The van der Waals surface area contributed by atoms with Gasteiger partial charge in [-0.05, 0) is 48.0 Å². The van der Waals surface area contributed by atoms with Crippen LogP contribution in [0.5, 0.6) is 0 Å². The second-order valence-electron chi connectivity index (χ2n) is 3.57. The van der Waals surface area contributed by atoms with E-state index in [1.807, 2.05) is 37.7 Å². The first-order valence-electron chi connectivity index (χ1n) is 4.88. The lowest BCUT2D eigenvalue weighted by atomic mass is 10.4. The normalized spacial score (nSPS) is 10.8. The van der Waals surface area contributed by atoms with Crippen LogP contribution in [0.25, 0.3) is 0 Å². The first kappa shape index (κ1) is 11.7. The lowest BCUT2D eigenvalue weighted by molar-refractivity contribution is 0.692. The molecule has 2 rings (SSSR count). The molecule has 0 fully saturated rings. The fourth-order valence-electron chi connectivity index (χ4n) is 1.37. The molecule has 84 valence electrons. The van der Waals surface area contributed by atoms with E-state index in [1.54, 1.807) is 11.8 Å². The summed E-state index contributed by atoms with van der Waals surface area (Å²) in [5.41, 5.74) is 2.03. The van der Waals surface area contributed by atoms with Crippen LogP contribution >= 0.6 is 27.7 Å². The number of rotatable bonds is 2. The number of halogens is 1. The van der Waals surface area contributed by atoms with Crippen LogP contribution in [0.3, 0.4) is 0 Å². The quantitative estimate of drug-likeness (QED) is 0.852. The van der Waals surface area contributed by atoms with Crippen molar-refractivity contribution in [3.63, 3.8) is 0 Å². The van der Waals surface area contributed by atoms with Crippen molar-refractivity contribution in [2.75, 3.05) is 0 Å². The molecule has 0 aliphatic carbocycles. The molecule has 0 N–H and O–H groups in total. The van der Waals surface area contributed by atoms with Crippen LogP contribution in [0, 0.1) is 13.8 Å². The zero-order valence-electron chi connectivity index (χ0n) is 9.36. The van der Waals surface area contributed by atoms with Crippen LogP contribution < -0.4 is 0 Å². The van der Waals surface area contributed by atoms with Gasteiger partial charge in [-0.25, -0.2) is 4.98 Å². The van der Waals surface area contributed by atoms with E-state index in [1.165, 1.54) is 0 Å². The van der Waals surface area contributed by atoms with Crippen LogP contribution in [0.15, 0.2) is 32.7 Å². The monoisotopic (exact) mass is 297 g/mol. The number of aromatic nitrogens is 3. The molecule has 0 aliphatic heterocycles. The van der Waals surface area contributed by atoms with Gasteiger partial charge in [-0.2, -0.15) is 5.10 Å². The Hall–Kier alpha value is -0.810. The lowest BCUT2D eigenvalue weighted by Gasteiger charge is -2.03. The Kier molecular flexibility index (Phi) is 3.35. The van der Waals surface area contributed by atoms with E-state index in [-0.39, 0.29) is 0 Å². The zero-order chi connectivity index (χ0) is 11.7. The van der Waals surface area contributed by atoms with Gasteiger partial charge in [0.25, 0.3) is 0 Å². The van der Waals surface area contributed by atoms with Crippen molar-refractivity contribution in [1.29, 1.82) is 0 Å². The molecule has 0 saturated heterocycles. The fourth-order valence-corrected chi connectivity index (χ4v) is 2.52. The highest BCUT2D eigenvalue weighted by atomic mass is 79.9. The van der Waals surface area contributed by atoms with Crippen molar-refractivity contribution in [3.05, 3.63) is 34.1 Å². The first-order valence-corrected chi connectivity index (χ1v) is 6.49. The largest absolute Gasteiger partial charge is 0.261 e. The number of pyridine rings is 1. The van der Waals surface area contributed by atoms with E-state index in [2.05, 4.69) is 32.1 Å². The van der Waals surface area contributed by atoms with Gasteiger partial charge in [0.05, 0.1) is 11.4 Å². The van der Waals surface area contributed by atoms with Crippen LogP contribution in [-0.2, 0) is 7.05 Å². The van der Waals surface area contributed by atoms with Crippen LogP contribution in [0.2, 0.25) is 0 Å². The second kappa shape index (κ2) is 4.59. The van der Waals surface area contributed by atoms with Gasteiger partial charge in [0.15, 0.2) is 0 Å². The molecule has 2 aromatic heterocycles. The Morgan fingerprint density at radius 1 is 1.31 bits per heavy atom. The third-order valence-electron chi connectivity index (χ3n) is 2.16. The maximum Gasteiger partial charge on any atom is 0.103 e. The third kappa shape index (κ3) is 2.47. The van der Waals surface area contributed by atoms with E-state index in [0.717, 1.165) is 25.9 Å². The number of aryl methyl sites for hydroxylation is 3. The SMILES string of the molecule is Cc1cc(Sc2ccc(Br)c(C)n2)n(C)n1. The van der Waals surface area contributed by atoms with E-state index < -0.39 is 0 Å². The minimum Gasteiger partial charge on any atom is -0.261 e. The zero-order valence-corrected chi connectivity index (χ0v) is 11.8. The Morgan fingerprint density at radius 3 is 2.62 bits per heavy atom. The van der Waals surface area contributed by atoms with Gasteiger partial charge in [0.2, 0.25) is 0 Å². The highest BCUT2D eigenvalue weighted by molar-refractivity contribution is 9.10. The molecule has 0 atom stereocenters. The molecule has 0 radical (unpaired) electrons.